The average molecular weight is 346 g/mol. The fraction of sp³-hybridized carbons (Fsp3) is 0.444. The van der Waals surface area contributed by atoms with Crippen molar-refractivity contribution in [1.29, 1.82) is 0 Å². The summed E-state index contributed by atoms with van der Waals surface area (Å²) in [4.78, 5) is 18.9. The fourth-order valence-electron chi connectivity index (χ4n) is 2.82. The Balaban J connectivity index is 1.82. The Morgan fingerprint density at radius 3 is 2.75 bits per heavy atom. The number of rotatable bonds is 7. The molecule has 1 aromatic carbocycles. The summed E-state index contributed by atoms with van der Waals surface area (Å²) in [6, 6.07) is 5.66. The topological polar surface area (TPSA) is 51.7 Å². The lowest BCUT2D eigenvalue weighted by Crippen LogP contribution is -2.33. The Kier molecular flexibility index (Phi) is 5.35. The molecule has 1 heterocycles. The van der Waals surface area contributed by atoms with Gasteiger partial charge in [0.2, 0.25) is 5.91 Å². The van der Waals surface area contributed by atoms with Crippen LogP contribution < -0.4 is 14.4 Å². The molecular formula is C18H22N2O3S. The van der Waals surface area contributed by atoms with Gasteiger partial charge in [0, 0.05) is 29.6 Å². The maximum Gasteiger partial charge on any atom is 0.229 e. The zero-order valence-corrected chi connectivity index (χ0v) is 14.8. The quantitative estimate of drug-likeness (QED) is 0.763. The van der Waals surface area contributed by atoms with E-state index < -0.39 is 0 Å². The van der Waals surface area contributed by atoms with Crippen LogP contribution >= 0.6 is 11.3 Å². The molecule has 1 saturated carbocycles. The van der Waals surface area contributed by atoms with Gasteiger partial charge in [-0.3, -0.25) is 9.69 Å². The van der Waals surface area contributed by atoms with Gasteiger partial charge in [-0.25, -0.2) is 4.98 Å². The zero-order valence-electron chi connectivity index (χ0n) is 14.0. The Labute approximate surface area is 146 Å². The smallest absolute Gasteiger partial charge is 0.229 e. The van der Waals surface area contributed by atoms with Crippen molar-refractivity contribution >= 4 is 22.4 Å². The maximum atomic E-state index is 12.8. The summed E-state index contributed by atoms with van der Waals surface area (Å²) < 4.78 is 10.7. The second-order valence-electron chi connectivity index (χ2n) is 5.97. The number of hydrogen-bond acceptors (Lipinski definition) is 5. The van der Waals surface area contributed by atoms with Gasteiger partial charge in [0.05, 0.1) is 20.8 Å². The van der Waals surface area contributed by atoms with Gasteiger partial charge in [0.25, 0.3) is 0 Å². The van der Waals surface area contributed by atoms with Gasteiger partial charge >= 0.3 is 0 Å². The third-order valence-electron chi connectivity index (χ3n) is 4.46. The van der Waals surface area contributed by atoms with Crippen LogP contribution in [0.15, 0.2) is 29.8 Å². The second-order valence-corrected chi connectivity index (χ2v) is 6.85. The van der Waals surface area contributed by atoms with Crippen molar-refractivity contribution in [3.05, 3.63) is 35.3 Å². The van der Waals surface area contributed by atoms with Gasteiger partial charge in [0.1, 0.15) is 11.5 Å². The molecule has 0 aliphatic heterocycles. The number of ether oxygens (including phenoxy) is 2. The molecule has 0 radical (unpaired) electrons. The molecule has 1 amide bonds. The van der Waals surface area contributed by atoms with Crippen LogP contribution in [-0.4, -0.2) is 25.1 Å². The second kappa shape index (κ2) is 7.66. The standard InChI is InChI=1S/C18H22N2O3S/c1-22-15-7-6-14(16(11-15)23-2)12-20(18-19-8-9-24-18)17(21)10-13-4-3-5-13/h6-9,11,13H,3-5,10,12H2,1-2H3. The van der Waals surface area contributed by atoms with Crippen molar-refractivity contribution in [1.82, 2.24) is 4.98 Å². The molecule has 1 aromatic heterocycles. The van der Waals surface area contributed by atoms with Crippen molar-refractivity contribution in [2.75, 3.05) is 19.1 Å². The molecule has 1 aliphatic rings. The van der Waals surface area contributed by atoms with Crippen LogP contribution in [0.25, 0.3) is 0 Å². The largest absolute Gasteiger partial charge is 0.497 e. The van der Waals surface area contributed by atoms with Gasteiger partial charge in [-0.15, -0.1) is 11.3 Å². The number of aromatic nitrogens is 1. The van der Waals surface area contributed by atoms with Crippen LogP contribution in [0.5, 0.6) is 11.5 Å². The monoisotopic (exact) mass is 346 g/mol. The number of hydrogen-bond donors (Lipinski definition) is 0. The van der Waals surface area contributed by atoms with Crippen molar-refractivity contribution in [2.45, 2.75) is 32.2 Å². The summed E-state index contributed by atoms with van der Waals surface area (Å²) in [5.74, 6) is 2.11. The number of amides is 1. The van der Waals surface area contributed by atoms with Crippen LogP contribution in [0.3, 0.4) is 0 Å². The van der Waals surface area contributed by atoms with E-state index in [1.54, 1.807) is 25.3 Å². The summed E-state index contributed by atoms with van der Waals surface area (Å²) >= 11 is 1.48. The molecular weight excluding hydrogens is 324 g/mol. The van der Waals surface area contributed by atoms with Gasteiger partial charge < -0.3 is 9.47 Å². The summed E-state index contributed by atoms with van der Waals surface area (Å²) in [5, 5.41) is 2.63. The minimum absolute atomic E-state index is 0.132. The molecule has 5 nitrogen and oxygen atoms in total. The third-order valence-corrected chi connectivity index (χ3v) is 5.26. The number of methoxy groups -OCH3 is 2. The molecule has 1 aliphatic carbocycles. The van der Waals surface area contributed by atoms with E-state index in [2.05, 4.69) is 4.98 Å². The molecule has 0 saturated heterocycles. The van der Waals surface area contributed by atoms with Crippen LogP contribution in [0, 0.1) is 5.92 Å². The van der Waals surface area contributed by atoms with E-state index in [-0.39, 0.29) is 5.91 Å². The number of anilines is 1. The first-order valence-electron chi connectivity index (χ1n) is 8.12. The molecule has 6 heteroatoms. The summed E-state index contributed by atoms with van der Waals surface area (Å²) in [5.41, 5.74) is 0.940. The molecule has 0 atom stereocenters. The Morgan fingerprint density at radius 2 is 2.17 bits per heavy atom. The van der Waals surface area contributed by atoms with Crippen molar-refractivity contribution in [3.8, 4) is 11.5 Å². The molecule has 0 spiro atoms. The molecule has 2 aromatic rings. The number of carbonyl (C=O) groups excluding carboxylic acids is 1. The maximum absolute atomic E-state index is 12.8. The van der Waals surface area contributed by atoms with Gasteiger partial charge in [-0.1, -0.05) is 6.42 Å². The Bertz CT molecular complexity index is 684. The number of thiazole rings is 1. The van der Waals surface area contributed by atoms with Crippen molar-refractivity contribution < 1.29 is 14.3 Å². The molecule has 0 N–H and O–H groups in total. The molecule has 24 heavy (non-hydrogen) atoms. The van der Waals surface area contributed by atoms with Gasteiger partial charge in [0.15, 0.2) is 5.13 Å². The Morgan fingerprint density at radius 1 is 1.33 bits per heavy atom. The minimum atomic E-state index is 0.132. The average Bonchev–Trinajstić information content (AvgIpc) is 3.09. The highest BCUT2D eigenvalue weighted by Gasteiger charge is 2.26. The first-order chi connectivity index (χ1) is 11.7. The van der Waals surface area contributed by atoms with E-state index in [1.807, 2.05) is 23.6 Å². The first-order valence-corrected chi connectivity index (χ1v) is 9.00. The van der Waals surface area contributed by atoms with E-state index in [4.69, 9.17) is 9.47 Å². The summed E-state index contributed by atoms with van der Waals surface area (Å²) in [6.07, 6.45) is 5.88. The number of benzene rings is 1. The predicted molar refractivity (Wildman–Crippen MR) is 94.8 cm³/mol. The normalized spacial score (nSPS) is 14.1. The van der Waals surface area contributed by atoms with E-state index >= 15 is 0 Å². The van der Waals surface area contributed by atoms with Crippen molar-refractivity contribution in [3.63, 3.8) is 0 Å². The lowest BCUT2D eigenvalue weighted by atomic mass is 9.82. The van der Waals surface area contributed by atoms with Gasteiger partial charge in [-0.2, -0.15) is 0 Å². The number of carbonyl (C=O) groups is 1. The zero-order chi connectivity index (χ0) is 16.9. The van der Waals surface area contributed by atoms with Crippen LogP contribution in [0.2, 0.25) is 0 Å². The molecule has 0 bridgehead atoms. The lowest BCUT2D eigenvalue weighted by Gasteiger charge is -2.28. The van der Waals surface area contributed by atoms with Crippen molar-refractivity contribution in [2.24, 2.45) is 5.92 Å². The van der Waals surface area contributed by atoms with Crippen LogP contribution in [-0.2, 0) is 11.3 Å². The van der Waals surface area contributed by atoms with E-state index in [0.717, 1.165) is 29.3 Å². The molecule has 3 rings (SSSR count). The third kappa shape index (κ3) is 3.70. The van der Waals surface area contributed by atoms with Crippen LogP contribution in [0.1, 0.15) is 31.2 Å². The highest BCUT2D eigenvalue weighted by molar-refractivity contribution is 7.13. The highest BCUT2D eigenvalue weighted by Crippen LogP contribution is 2.33. The lowest BCUT2D eigenvalue weighted by molar-refractivity contribution is -0.120. The SMILES string of the molecule is COc1ccc(CN(C(=O)CC2CCC2)c2nccs2)c(OC)c1. The van der Waals surface area contributed by atoms with E-state index in [0.29, 0.717) is 24.6 Å². The number of nitrogens with zero attached hydrogens (tertiary/aromatic N) is 2. The summed E-state index contributed by atoms with van der Waals surface area (Å²) in [6.45, 7) is 0.451. The summed E-state index contributed by atoms with van der Waals surface area (Å²) in [7, 11) is 3.25. The Hall–Kier alpha value is -2.08. The first kappa shape index (κ1) is 16.8. The predicted octanol–water partition coefficient (Wildman–Crippen LogP) is 3.88. The minimum Gasteiger partial charge on any atom is -0.497 e. The van der Waals surface area contributed by atoms with Gasteiger partial charge in [-0.05, 0) is 30.9 Å². The van der Waals surface area contributed by atoms with Crippen LogP contribution in [0.4, 0.5) is 5.13 Å². The molecule has 0 unspecified atom stereocenters. The fourth-order valence-corrected chi connectivity index (χ4v) is 3.48. The highest BCUT2D eigenvalue weighted by atomic mass is 32.1. The van der Waals surface area contributed by atoms with E-state index in [1.165, 1.54) is 17.8 Å². The van der Waals surface area contributed by atoms with E-state index in [9.17, 15) is 4.79 Å². The molecule has 128 valence electrons. The molecule has 1 fully saturated rings.